The number of ketones is 1. The summed E-state index contributed by atoms with van der Waals surface area (Å²) in [5.74, 6) is -0.137. The molecule has 0 saturated carbocycles. The van der Waals surface area contributed by atoms with Crippen molar-refractivity contribution < 1.29 is 14.3 Å². The average Bonchev–Trinajstić information content (AvgIpc) is 2.36. The van der Waals surface area contributed by atoms with Crippen molar-refractivity contribution >= 4 is 23.6 Å². The van der Waals surface area contributed by atoms with Crippen LogP contribution in [-0.2, 0) is 9.53 Å². The van der Waals surface area contributed by atoms with E-state index in [9.17, 15) is 9.59 Å². The van der Waals surface area contributed by atoms with Gasteiger partial charge in [-0.25, -0.2) is 9.69 Å². The second kappa shape index (κ2) is 7.07. The molecular weight excluding hydrogens is 278 g/mol. The maximum Gasteiger partial charge on any atom is 0.419 e. The number of rotatable bonds is 4. The normalized spacial score (nSPS) is 11.8. The lowest BCUT2D eigenvalue weighted by Crippen LogP contribution is -2.36. The average molecular weight is 301 g/mol. The zero-order valence-electron chi connectivity index (χ0n) is 13.8. The molecule has 22 heavy (non-hydrogen) atoms. The van der Waals surface area contributed by atoms with Gasteiger partial charge in [-0.3, -0.25) is 4.79 Å². The predicted molar refractivity (Wildman–Crippen MR) is 89.7 cm³/mol. The van der Waals surface area contributed by atoms with Crippen LogP contribution in [0.2, 0.25) is 0 Å². The monoisotopic (exact) mass is 301 g/mol. The van der Waals surface area contributed by atoms with Crippen molar-refractivity contribution in [2.24, 2.45) is 0 Å². The number of carbonyl (C=O) groups excluding carboxylic acids is 2. The van der Waals surface area contributed by atoms with Crippen molar-refractivity contribution in [3.05, 3.63) is 48.2 Å². The Morgan fingerprint density at radius 3 is 2.27 bits per heavy atom. The van der Waals surface area contributed by atoms with Gasteiger partial charge in [-0.2, -0.15) is 0 Å². The van der Waals surface area contributed by atoms with E-state index in [2.05, 4.69) is 6.58 Å². The summed E-state index contributed by atoms with van der Waals surface area (Å²) in [6, 6.07) is 7.32. The van der Waals surface area contributed by atoms with Gasteiger partial charge in [-0.05, 0) is 46.2 Å². The molecule has 0 N–H and O–H groups in total. The Morgan fingerprint density at radius 2 is 1.77 bits per heavy atom. The highest BCUT2D eigenvalue weighted by molar-refractivity contribution is 5.97. The fraction of sp³-hybridized carbons (Fsp3) is 0.333. The van der Waals surface area contributed by atoms with E-state index in [1.54, 1.807) is 39.8 Å². The van der Waals surface area contributed by atoms with E-state index >= 15 is 0 Å². The molecule has 0 aliphatic rings. The fourth-order valence-corrected chi connectivity index (χ4v) is 1.96. The molecule has 0 unspecified atom stereocenters. The van der Waals surface area contributed by atoms with Crippen LogP contribution in [-0.4, -0.2) is 17.5 Å². The van der Waals surface area contributed by atoms with Crippen LogP contribution in [0.25, 0.3) is 6.08 Å². The molecule has 1 rings (SSSR count). The zero-order chi connectivity index (χ0) is 16.9. The molecule has 0 fully saturated rings. The molecule has 118 valence electrons. The lowest BCUT2D eigenvalue weighted by atomic mass is 10.1. The van der Waals surface area contributed by atoms with Crippen LogP contribution in [0.3, 0.4) is 0 Å². The molecule has 1 aromatic rings. The Kier molecular flexibility index (Phi) is 5.69. The smallest absolute Gasteiger partial charge is 0.419 e. The molecule has 0 bridgehead atoms. The summed E-state index contributed by atoms with van der Waals surface area (Å²) in [5.41, 5.74) is 1.28. The number of allylic oxidation sites excluding steroid dienone is 2. The van der Waals surface area contributed by atoms with E-state index in [0.717, 1.165) is 5.56 Å². The van der Waals surface area contributed by atoms with Crippen LogP contribution in [0.4, 0.5) is 10.5 Å². The van der Waals surface area contributed by atoms with Crippen molar-refractivity contribution in [2.45, 2.75) is 40.2 Å². The molecule has 0 aliphatic heterocycles. The first-order valence-corrected chi connectivity index (χ1v) is 7.09. The highest BCUT2D eigenvalue weighted by Crippen LogP contribution is 2.27. The quantitative estimate of drug-likeness (QED) is 0.766. The van der Waals surface area contributed by atoms with E-state index in [1.165, 1.54) is 17.9 Å². The third kappa shape index (κ3) is 4.88. The van der Waals surface area contributed by atoms with Crippen LogP contribution in [0.1, 0.15) is 40.2 Å². The van der Waals surface area contributed by atoms with Crippen LogP contribution >= 0.6 is 0 Å². The minimum Gasteiger partial charge on any atom is -0.443 e. The summed E-state index contributed by atoms with van der Waals surface area (Å²) in [6.45, 7) is 12.3. The molecule has 0 heterocycles. The number of para-hydroxylation sites is 1. The SMILES string of the molecule is C=Cc1ccccc1N(C(=O)OC(C)(C)C)/C(C)=C/C(C)=O. The van der Waals surface area contributed by atoms with Gasteiger partial charge in [0.05, 0.1) is 5.69 Å². The van der Waals surface area contributed by atoms with Crippen molar-refractivity contribution in [2.75, 3.05) is 4.90 Å². The van der Waals surface area contributed by atoms with Crippen molar-refractivity contribution in [1.82, 2.24) is 0 Å². The maximum absolute atomic E-state index is 12.6. The second-order valence-corrected chi connectivity index (χ2v) is 5.98. The molecule has 1 aromatic carbocycles. The highest BCUT2D eigenvalue weighted by Gasteiger charge is 2.26. The molecule has 0 aromatic heterocycles. The largest absolute Gasteiger partial charge is 0.443 e. The van der Waals surface area contributed by atoms with Crippen molar-refractivity contribution in [1.29, 1.82) is 0 Å². The number of benzene rings is 1. The summed E-state index contributed by atoms with van der Waals surface area (Å²) in [5, 5.41) is 0. The summed E-state index contributed by atoms with van der Waals surface area (Å²) in [7, 11) is 0. The highest BCUT2D eigenvalue weighted by atomic mass is 16.6. The first-order valence-electron chi connectivity index (χ1n) is 7.09. The second-order valence-electron chi connectivity index (χ2n) is 5.98. The Balaban J connectivity index is 3.37. The lowest BCUT2D eigenvalue weighted by molar-refractivity contribution is -0.112. The van der Waals surface area contributed by atoms with E-state index < -0.39 is 11.7 Å². The number of ether oxygens (including phenoxy) is 1. The number of hydrogen-bond donors (Lipinski definition) is 0. The van der Waals surface area contributed by atoms with Gasteiger partial charge in [0, 0.05) is 11.8 Å². The van der Waals surface area contributed by atoms with Gasteiger partial charge in [-0.1, -0.05) is 30.9 Å². The van der Waals surface area contributed by atoms with Crippen LogP contribution in [0, 0.1) is 0 Å². The van der Waals surface area contributed by atoms with Crippen molar-refractivity contribution in [3.63, 3.8) is 0 Å². The Bertz CT molecular complexity index is 609. The predicted octanol–water partition coefficient (Wildman–Crippen LogP) is 4.56. The Labute approximate surface area is 132 Å². The van der Waals surface area contributed by atoms with E-state index in [0.29, 0.717) is 11.4 Å². The minimum atomic E-state index is -0.630. The third-order valence-electron chi connectivity index (χ3n) is 2.74. The Morgan fingerprint density at radius 1 is 1.18 bits per heavy atom. The van der Waals surface area contributed by atoms with E-state index in [4.69, 9.17) is 4.74 Å². The molecule has 4 nitrogen and oxygen atoms in total. The number of amides is 1. The minimum absolute atomic E-state index is 0.137. The van der Waals surface area contributed by atoms with Gasteiger partial charge >= 0.3 is 6.09 Å². The third-order valence-corrected chi connectivity index (χ3v) is 2.74. The van der Waals surface area contributed by atoms with Crippen LogP contribution in [0.5, 0.6) is 0 Å². The first kappa shape index (κ1) is 17.7. The van der Waals surface area contributed by atoms with Gasteiger partial charge in [0.25, 0.3) is 0 Å². The summed E-state index contributed by atoms with van der Waals surface area (Å²) < 4.78 is 5.46. The summed E-state index contributed by atoms with van der Waals surface area (Å²) in [4.78, 5) is 25.3. The zero-order valence-corrected chi connectivity index (χ0v) is 13.8. The number of carbonyl (C=O) groups is 2. The van der Waals surface area contributed by atoms with Gasteiger partial charge in [0.1, 0.15) is 5.60 Å². The van der Waals surface area contributed by atoms with Crippen LogP contribution in [0.15, 0.2) is 42.6 Å². The molecule has 0 radical (unpaired) electrons. The standard InChI is InChI=1S/C18H23NO3/c1-7-15-10-8-9-11-16(15)19(13(2)12-14(3)20)17(21)22-18(4,5)6/h7-12H,1H2,2-6H3/b13-12+. The topological polar surface area (TPSA) is 46.6 Å². The lowest BCUT2D eigenvalue weighted by Gasteiger charge is -2.28. The number of hydrogen-bond acceptors (Lipinski definition) is 3. The van der Waals surface area contributed by atoms with Crippen molar-refractivity contribution in [3.8, 4) is 0 Å². The van der Waals surface area contributed by atoms with Gasteiger partial charge in [0.2, 0.25) is 0 Å². The molecule has 0 saturated heterocycles. The molecular formula is C18H23NO3. The van der Waals surface area contributed by atoms with Gasteiger partial charge in [0.15, 0.2) is 5.78 Å². The van der Waals surface area contributed by atoms with E-state index in [1.807, 2.05) is 18.2 Å². The molecule has 0 spiro atoms. The van der Waals surface area contributed by atoms with E-state index in [-0.39, 0.29) is 5.78 Å². The molecule has 0 atom stereocenters. The fourth-order valence-electron chi connectivity index (χ4n) is 1.96. The molecule has 0 aliphatic carbocycles. The van der Waals surface area contributed by atoms with Crippen LogP contribution < -0.4 is 4.90 Å². The number of anilines is 1. The first-order chi connectivity index (χ1) is 10.2. The maximum atomic E-state index is 12.6. The number of nitrogens with zero attached hydrogens (tertiary/aromatic N) is 1. The molecule has 1 amide bonds. The molecule has 4 heteroatoms. The Hall–Kier alpha value is -2.36. The van der Waals surface area contributed by atoms with Gasteiger partial charge < -0.3 is 4.74 Å². The van der Waals surface area contributed by atoms with Gasteiger partial charge in [-0.15, -0.1) is 0 Å². The summed E-state index contributed by atoms with van der Waals surface area (Å²) in [6.07, 6.45) is 2.54. The summed E-state index contributed by atoms with van der Waals surface area (Å²) >= 11 is 0.